The van der Waals surface area contributed by atoms with Crippen LogP contribution in [0.5, 0.6) is 0 Å². The molecule has 0 fully saturated rings. The van der Waals surface area contributed by atoms with Gasteiger partial charge in [0.15, 0.2) is 0 Å². The van der Waals surface area contributed by atoms with Crippen LogP contribution in [-0.2, 0) is 6.54 Å². The van der Waals surface area contributed by atoms with Crippen LogP contribution in [0.25, 0.3) is 0 Å². The summed E-state index contributed by atoms with van der Waals surface area (Å²) in [6.45, 7) is 0.325. The maximum absolute atomic E-state index is 12.0. The summed E-state index contributed by atoms with van der Waals surface area (Å²) in [5, 5.41) is 5.51. The van der Waals surface area contributed by atoms with Gasteiger partial charge in [-0.25, -0.2) is 0 Å². The van der Waals surface area contributed by atoms with Crippen molar-refractivity contribution in [2.24, 2.45) is 0 Å². The quantitative estimate of drug-likeness (QED) is 0.757. The molecule has 2 heterocycles. The largest absolute Gasteiger partial charge is 0.467 e. The molecule has 6 heteroatoms. The van der Waals surface area contributed by atoms with Crippen molar-refractivity contribution in [3.8, 4) is 0 Å². The van der Waals surface area contributed by atoms with Crippen molar-refractivity contribution in [1.82, 2.24) is 10.3 Å². The van der Waals surface area contributed by atoms with Gasteiger partial charge in [0.1, 0.15) is 5.76 Å². The molecule has 0 radical (unpaired) electrons. The molecule has 3 aromatic rings. The van der Waals surface area contributed by atoms with Crippen LogP contribution < -0.4 is 10.6 Å². The molecule has 120 valence electrons. The average Bonchev–Trinajstić information content (AvgIpc) is 3.14. The minimum absolute atomic E-state index is 0.212. The lowest BCUT2D eigenvalue weighted by Gasteiger charge is -2.07. The van der Waals surface area contributed by atoms with E-state index in [-0.39, 0.29) is 11.8 Å². The molecule has 0 bridgehead atoms. The number of furan rings is 1. The number of hydrogen-bond donors (Lipinski definition) is 2. The summed E-state index contributed by atoms with van der Waals surface area (Å²) in [5.41, 5.74) is 1.57. The third-order valence-corrected chi connectivity index (χ3v) is 3.33. The summed E-state index contributed by atoms with van der Waals surface area (Å²) in [4.78, 5) is 28.0. The molecule has 6 nitrogen and oxygen atoms in total. The Balaban J connectivity index is 1.58. The number of carbonyl (C=O) groups is 2. The second-order valence-corrected chi connectivity index (χ2v) is 5.04. The first kappa shape index (κ1) is 15.5. The van der Waals surface area contributed by atoms with Gasteiger partial charge in [0, 0.05) is 23.6 Å². The minimum Gasteiger partial charge on any atom is -0.467 e. The standard InChI is InChI=1S/C18H15N3O3/c22-17(20-12-16-4-2-10-24-16)13-5-7-15(8-6-13)21-18(23)14-3-1-9-19-11-14/h1-11H,12H2,(H,20,22)(H,21,23). The maximum atomic E-state index is 12.0. The van der Waals surface area contributed by atoms with E-state index in [1.807, 2.05) is 0 Å². The van der Waals surface area contributed by atoms with Crippen LogP contribution in [0, 0.1) is 0 Å². The summed E-state index contributed by atoms with van der Waals surface area (Å²) >= 11 is 0. The number of nitrogens with one attached hydrogen (secondary N) is 2. The van der Waals surface area contributed by atoms with Crippen LogP contribution in [0.1, 0.15) is 26.5 Å². The fourth-order valence-electron chi connectivity index (χ4n) is 2.09. The molecule has 3 rings (SSSR count). The van der Waals surface area contributed by atoms with Crippen molar-refractivity contribution in [2.75, 3.05) is 5.32 Å². The Morgan fingerprint density at radius 3 is 2.46 bits per heavy atom. The number of pyridine rings is 1. The Labute approximate surface area is 138 Å². The summed E-state index contributed by atoms with van der Waals surface area (Å²) < 4.78 is 5.16. The van der Waals surface area contributed by atoms with Crippen LogP contribution >= 0.6 is 0 Å². The van der Waals surface area contributed by atoms with E-state index in [4.69, 9.17) is 4.42 Å². The van der Waals surface area contributed by atoms with Gasteiger partial charge in [-0.3, -0.25) is 14.6 Å². The maximum Gasteiger partial charge on any atom is 0.257 e. The molecule has 1 aromatic carbocycles. The average molecular weight is 321 g/mol. The third-order valence-electron chi connectivity index (χ3n) is 3.33. The van der Waals surface area contributed by atoms with E-state index in [1.54, 1.807) is 61.0 Å². The highest BCUT2D eigenvalue weighted by atomic mass is 16.3. The van der Waals surface area contributed by atoms with E-state index in [1.165, 1.54) is 6.20 Å². The highest BCUT2D eigenvalue weighted by Gasteiger charge is 2.08. The van der Waals surface area contributed by atoms with Gasteiger partial charge in [0.25, 0.3) is 11.8 Å². The first-order valence-electron chi connectivity index (χ1n) is 7.34. The number of anilines is 1. The molecule has 0 spiro atoms. The Kier molecular flexibility index (Phi) is 4.67. The zero-order valence-electron chi connectivity index (χ0n) is 12.7. The molecular formula is C18H15N3O3. The molecule has 2 aromatic heterocycles. The van der Waals surface area contributed by atoms with Gasteiger partial charge < -0.3 is 15.1 Å². The number of hydrogen-bond acceptors (Lipinski definition) is 4. The fourth-order valence-corrected chi connectivity index (χ4v) is 2.09. The van der Waals surface area contributed by atoms with Crippen LogP contribution in [0.15, 0.2) is 71.6 Å². The van der Waals surface area contributed by atoms with Crippen molar-refractivity contribution < 1.29 is 14.0 Å². The number of benzene rings is 1. The van der Waals surface area contributed by atoms with Gasteiger partial charge in [-0.2, -0.15) is 0 Å². The van der Waals surface area contributed by atoms with Gasteiger partial charge >= 0.3 is 0 Å². The van der Waals surface area contributed by atoms with Crippen molar-refractivity contribution >= 4 is 17.5 Å². The fraction of sp³-hybridized carbons (Fsp3) is 0.0556. The van der Waals surface area contributed by atoms with Gasteiger partial charge in [-0.1, -0.05) is 0 Å². The van der Waals surface area contributed by atoms with Gasteiger partial charge in [0.2, 0.25) is 0 Å². The van der Waals surface area contributed by atoms with Gasteiger partial charge in [0.05, 0.1) is 18.4 Å². The Bertz CT molecular complexity index is 812. The highest BCUT2D eigenvalue weighted by Crippen LogP contribution is 2.11. The smallest absolute Gasteiger partial charge is 0.257 e. The summed E-state index contributed by atoms with van der Waals surface area (Å²) in [5.74, 6) is 0.221. The third kappa shape index (κ3) is 3.86. The van der Waals surface area contributed by atoms with Crippen LogP contribution in [-0.4, -0.2) is 16.8 Å². The first-order valence-corrected chi connectivity index (χ1v) is 7.34. The van der Waals surface area contributed by atoms with E-state index >= 15 is 0 Å². The van der Waals surface area contributed by atoms with Crippen LogP contribution in [0.2, 0.25) is 0 Å². The number of nitrogens with zero attached hydrogens (tertiary/aromatic N) is 1. The van der Waals surface area contributed by atoms with Gasteiger partial charge in [-0.05, 0) is 48.5 Å². The topological polar surface area (TPSA) is 84.2 Å². The SMILES string of the molecule is O=C(NCc1ccco1)c1ccc(NC(=O)c2cccnc2)cc1. The molecule has 2 N–H and O–H groups in total. The van der Waals surface area contributed by atoms with Crippen molar-refractivity contribution in [2.45, 2.75) is 6.54 Å². The van der Waals surface area contributed by atoms with Crippen molar-refractivity contribution in [3.05, 3.63) is 84.1 Å². The summed E-state index contributed by atoms with van der Waals surface area (Å²) in [7, 11) is 0. The predicted octanol–water partition coefficient (Wildman–Crippen LogP) is 2.86. The second kappa shape index (κ2) is 7.23. The zero-order valence-corrected chi connectivity index (χ0v) is 12.7. The van der Waals surface area contributed by atoms with Gasteiger partial charge in [-0.15, -0.1) is 0 Å². The van der Waals surface area contributed by atoms with E-state index in [2.05, 4.69) is 15.6 Å². The highest BCUT2D eigenvalue weighted by molar-refractivity contribution is 6.04. The van der Waals surface area contributed by atoms with E-state index in [9.17, 15) is 9.59 Å². The Morgan fingerprint density at radius 2 is 1.79 bits per heavy atom. The number of carbonyl (C=O) groups excluding carboxylic acids is 2. The minimum atomic E-state index is -0.252. The molecule has 0 saturated heterocycles. The monoisotopic (exact) mass is 321 g/mol. The summed E-state index contributed by atoms with van der Waals surface area (Å²) in [6.07, 6.45) is 4.65. The second-order valence-electron chi connectivity index (χ2n) is 5.04. The molecule has 0 unspecified atom stereocenters. The lowest BCUT2D eigenvalue weighted by molar-refractivity contribution is 0.0947. The van der Waals surface area contributed by atoms with Crippen LogP contribution in [0.4, 0.5) is 5.69 Å². The predicted molar refractivity (Wildman–Crippen MR) is 88.5 cm³/mol. The normalized spacial score (nSPS) is 10.2. The number of amides is 2. The van der Waals surface area contributed by atoms with E-state index in [0.717, 1.165) is 0 Å². The first-order chi connectivity index (χ1) is 11.7. The molecule has 0 saturated carbocycles. The molecule has 24 heavy (non-hydrogen) atoms. The summed E-state index contributed by atoms with van der Waals surface area (Å²) in [6, 6.07) is 13.6. The molecule has 0 aliphatic heterocycles. The van der Waals surface area contributed by atoms with E-state index < -0.39 is 0 Å². The lowest BCUT2D eigenvalue weighted by atomic mass is 10.2. The van der Waals surface area contributed by atoms with E-state index in [0.29, 0.717) is 29.1 Å². The van der Waals surface area contributed by atoms with Crippen LogP contribution in [0.3, 0.4) is 0 Å². The zero-order chi connectivity index (χ0) is 16.8. The molecule has 0 atom stereocenters. The number of rotatable bonds is 5. The Hall–Kier alpha value is -3.41. The molecule has 0 aliphatic carbocycles. The Morgan fingerprint density at radius 1 is 0.958 bits per heavy atom. The number of aromatic nitrogens is 1. The molecular weight excluding hydrogens is 306 g/mol. The molecule has 2 amide bonds. The van der Waals surface area contributed by atoms with Crippen molar-refractivity contribution in [1.29, 1.82) is 0 Å². The lowest BCUT2D eigenvalue weighted by Crippen LogP contribution is -2.22. The van der Waals surface area contributed by atoms with Crippen molar-refractivity contribution in [3.63, 3.8) is 0 Å². The molecule has 0 aliphatic rings.